The smallest absolute Gasteiger partial charge is 0.280 e. The maximum atomic E-state index is 13.0. The van der Waals surface area contributed by atoms with Gasteiger partial charge in [0.2, 0.25) is 0 Å². The number of anilines is 3. The standard InChI is InChI=1S/C20H21F2N5OS/c1-12(2)23-17-11-18(24-13-6-4-7-14(10-13)29(3)28)27-20(26-17)16-9-5-8-15(25-16)19(21)22/h4-12,19H,1-3H3,(H2,23,24,26,27). The molecule has 0 aliphatic rings. The first kappa shape index (κ1) is 20.8. The van der Waals surface area contributed by atoms with Crippen LogP contribution in [0.15, 0.2) is 53.4 Å². The zero-order valence-corrected chi connectivity index (χ0v) is 17.0. The van der Waals surface area contributed by atoms with Crippen molar-refractivity contribution in [3.8, 4) is 11.5 Å². The van der Waals surface area contributed by atoms with Gasteiger partial charge in [0.25, 0.3) is 6.43 Å². The van der Waals surface area contributed by atoms with E-state index in [1.165, 1.54) is 12.1 Å². The molecule has 0 amide bonds. The van der Waals surface area contributed by atoms with Crippen molar-refractivity contribution in [1.82, 2.24) is 15.0 Å². The van der Waals surface area contributed by atoms with E-state index in [2.05, 4.69) is 25.6 Å². The second kappa shape index (κ2) is 9.04. The van der Waals surface area contributed by atoms with Crippen molar-refractivity contribution in [2.45, 2.75) is 31.2 Å². The highest BCUT2D eigenvalue weighted by Gasteiger charge is 2.14. The molecule has 0 saturated heterocycles. The number of nitrogens with one attached hydrogen (secondary N) is 2. The number of hydrogen-bond donors (Lipinski definition) is 2. The van der Waals surface area contributed by atoms with Gasteiger partial charge in [0, 0.05) is 39.7 Å². The van der Waals surface area contributed by atoms with Crippen LogP contribution in [-0.2, 0) is 10.8 Å². The van der Waals surface area contributed by atoms with Crippen LogP contribution in [0, 0.1) is 0 Å². The van der Waals surface area contributed by atoms with E-state index in [0.717, 1.165) is 0 Å². The van der Waals surface area contributed by atoms with Crippen molar-refractivity contribution < 1.29 is 13.0 Å². The Kier molecular flexibility index (Phi) is 6.48. The van der Waals surface area contributed by atoms with Crippen molar-refractivity contribution in [2.24, 2.45) is 0 Å². The van der Waals surface area contributed by atoms with Crippen LogP contribution in [0.25, 0.3) is 11.5 Å². The van der Waals surface area contributed by atoms with Crippen molar-refractivity contribution >= 4 is 28.1 Å². The predicted octanol–water partition coefficient (Wildman–Crippen LogP) is 4.78. The first-order valence-corrected chi connectivity index (χ1v) is 10.5. The van der Waals surface area contributed by atoms with Crippen LogP contribution in [0.2, 0.25) is 0 Å². The molecule has 2 heterocycles. The molecule has 6 nitrogen and oxygen atoms in total. The summed E-state index contributed by atoms with van der Waals surface area (Å²) in [5, 5.41) is 6.35. The molecule has 0 bridgehead atoms. The maximum absolute atomic E-state index is 13.0. The van der Waals surface area contributed by atoms with Gasteiger partial charge in [0.15, 0.2) is 5.82 Å². The summed E-state index contributed by atoms with van der Waals surface area (Å²) in [5.41, 5.74) is 0.620. The lowest BCUT2D eigenvalue weighted by atomic mass is 10.2. The third-order valence-electron chi connectivity index (χ3n) is 3.82. The van der Waals surface area contributed by atoms with Crippen LogP contribution in [0.5, 0.6) is 0 Å². The van der Waals surface area contributed by atoms with Gasteiger partial charge in [-0.05, 0) is 44.2 Å². The zero-order chi connectivity index (χ0) is 21.0. The molecule has 3 rings (SSSR count). The normalized spacial score (nSPS) is 12.2. The minimum Gasteiger partial charge on any atom is -0.368 e. The van der Waals surface area contributed by atoms with Crippen molar-refractivity contribution in [1.29, 1.82) is 0 Å². The molecule has 0 saturated carbocycles. The lowest BCUT2D eigenvalue weighted by Gasteiger charge is -2.14. The van der Waals surface area contributed by atoms with E-state index in [9.17, 15) is 13.0 Å². The third kappa shape index (κ3) is 5.54. The fourth-order valence-corrected chi connectivity index (χ4v) is 3.16. The SMILES string of the molecule is CC(C)Nc1cc(Nc2cccc(S(C)=O)c2)nc(-c2cccc(C(F)F)n2)n1. The van der Waals surface area contributed by atoms with Crippen LogP contribution >= 0.6 is 0 Å². The molecule has 2 N–H and O–H groups in total. The summed E-state index contributed by atoms with van der Waals surface area (Å²) in [6.45, 7) is 3.93. The second-order valence-corrected chi connectivity index (χ2v) is 8.00. The molecular weight excluding hydrogens is 396 g/mol. The molecule has 29 heavy (non-hydrogen) atoms. The molecule has 1 unspecified atom stereocenters. The highest BCUT2D eigenvalue weighted by molar-refractivity contribution is 7.84. The van der Waals surface area contributed by atoms with Crippen molar-refractivity contribution in [2.75, 3.05) is 16.9 Å². The van der Waals surface area contributed by atoms with E-state index in [1.807, 2.05) is 19.9 Å². The molecule has 0 radical (unpaired) electrons. The van der Waals surface area contributed by atoms with E-state index in [0.29, 0.717) is 22.2 Å². The Balaban J connectivity index is 2.01. The Morgan fingerprint density at radius 1 is 0.966 bits per heavy atom. The molecule has 0 fully saturated rings. The topological polar surface area (TPSA) is 79.8 Å². The van der Waals surface area contributed by atoms with E-state index in [-0.39, 0.29) is 23.3 Å². The summed E-state index contributed by atoms with van der Waals surface area (Å²) in [6.07, 6.45) is -1.07. The molecule has 152 valence electrons. The second-order valence-electron chi connectivity index (χ2n) is 6.62. The minimum atomic E-state index is -2.68. The fourth-order valence-electron chi connectivity index (χ4n) is 2.59. The van der Waals surface area contributed by atoms with Gasteiger partial charge < -0.3 is 10.6 Å². The highest BCUT2D eigenvalue weighted by atomic mass is 32.2. The van der Waals surface area contributed by atoms with Crippen LogP contribution < -0.4 is 10.6 Å². The van der Waals surface area contributed by atoms with Crippen LogP contribution in [0.1, 0.15) is 26.0 Å². The summed E-state index contributed by atoms with van der Waals surface area (Å²) >= 11 is 0. The van der Waals surface area contributed by atoms with Gasteiger partial charge in [-0.15, -0.1) is 0 Å². The predicted molar refractivity (Wildman–Crippen MR) is 111 cm³/mol. The first-order valence-electron chi connectivity index (χ1n) is 8.93. The average molecular weight is 417 g/mol. The van der Waals surface area contributed by atoms with E-state index in [1.54, 1.807) is 36.6 Å². The maximum Gasteiger partial charge on any atom is 0.280 e. The number of nitrogens with zero attached hydrogens (tertiary/aromatic N) is 3. The average Bonchev–Trinajstić information content (AvgIpc) is 2.67. The molecule has 1 atom stereocenters. The van der Waals surface area contributed by atoms with Gasteiger partial charge in [0.05, 0.1) is 0 Å². The fraction of sp³-hybridized carbons (Fsp3) is 0.250. The van der Waals surface area contributed by atoms with E-state index >= 15 is 0 Å². The number of alkyl halides is 2. The quantitative estimate of drug-likeness (QED) is 0.576. The van der Waals surface area contributed by atoms with Gasteiger partial charge in [-0.3, -0.25) is 4.21 Å². The molecule has 0 aliphatic carbocycles. The number of pyridine rings is 1. The molecule has 9 heteroatoms. The lowest BCUT2D eigenvalue weighted by molar-refractivity contribution is 0.146. The summed E-state index contributed by atoms with van der Waals surface area (Å²) < 4.78 is 37.8. The molecule has 0 spiro atoms. The third-order valence-corrected chi connectivity index (χ3v) is 4.74. The Morgan fingerprint density at radius 3 is 2.38 bits per heavy atom. The molecule has 1 aromatic carbocycles. The Hall–Kier alpha value is -2.94. The van der Waals surface area contributed by atoms with E-state index < -0.39 is 17.2 Å². The largest absolute Gasteiger partial charge is 0.368 e. The van der Waals surface area contributed by atoms with Crippen LogP contribution in [0.3, 0.4) is 0 Å². The summed E-state index contributed by atoms with van der Waals surface area (Å²) in [4.78, 5) is 13.5. The number of benzene rings is 1. The minimum absolute atomic E-state index is 0.108. The number of halogens is 2. The molecule has 0 aliphatic heterocycles. The summed E-state index contributed by atoms with van der Waals surface area (Å²) in [6, 6.07) is 13.3. The van der Waals surface area contributed by atoms with Gasteiger partial charge >= 0.3 is 0 Å². The summed E-state index contributed by atoms with van der Waals surface area (Å²) in [5.74, 6) is 1.21. The van der Waals surface area contributed by atoms with Gasteiger partial charge in [-0.2, -0.15) is 0 Å². The Labute approximate surface area is 170 Å². The number of aromatic nitrogens is 3. The van der Waals surface area contributed by atoms with Crippen LogP contribution in [-0.4, -0.2) is 31.5 Å². The lowest BCUT2D eigenvalue weighted by Crippen LogP contribution is -2.12. The molecule has 3 aromatic rings. The number of rotatable bonds is 7. The van der Waals surface area contributed by atoms with Gasteiger partial charge in [0.1, 0.15) is 23.0 Å². The van der Waals surface area contributed by atoms with Crippen molar-refractivity contribution in [3.63, 3.8) is 0 Å². The molecule has 2 aromatic heterocycles. The van der Waals surface area contributed by atoms with Crippen LogP contribution in [0.4, 0.5) is 26.1 Å². The summed E-state index contributed by atoms with van der Waals surface area (Å²) in [7, 11) is -1.12. The molecular formula is C20H21F2N5OS. The zero-order valence-electron chi connectivity index (χ0n) is 16.2. The van der Waals surface area contributed by atoms with Crippen molar-refractivity contribution in [3.05, 3.63) is 54.2 Å². The van der Waals surface area contributed by atoms with E-state index in [4.69, 9.17) is 0 Å². The monoisotopic (exact) mass is 417 g/mol. The Morgan fingerprint density at radius 2 is 1.69 bits per heavy atom. The Bertz CT molecular complexity index is 1030. The van der Waals surface area contributed by atoms with Gasteiger partial charge in [-0.1, -0.05) is 12.1 Å². The number of hydrogen-bond acceptors (Lipinski definition) is 6. The first-order chi connectivity index (χ1) is 13.8. The van der Waals surface area contributed by atoms with Gasteiger partial charge in [-0.25, -0.2) is 23.7 Å². The highest BCUT2D eigenvalue weighted by Crippen LogP contribution is 2.25.